The Morgan fingerprint density at radius 2 is 2.13 bits per heavy atom. The number of nitrogens with zero attached hydrogens (tertiary/aromatic N) is 2. The molecule has 0 spiro atoms. The van der Waals surface area contributed by atoms with Crippen LogP contribution in [0, 0.1) is 0 Å². The van der Waals surface area contributed by atoms with Crippen molar-refractivity contribution >= 4 is 38.9 Å². The zero-order valence-corrected chi connectivity index (χ0v) is 19.3. The molecule has 1 saturated heterocycles. The van der Waals surface area contributed by atoms with Crippen LogP contribution in [0.15, 0.2) is 40.6 Å². The summed E-state index contributed by atoms with van der Waals surface area (Å²) in [6.07, 6.45) is 1.79. The monoisotopic (exact) mass is 472 g/mol. The van der Waals surface area contributed by atoms with Gasteiger partial charge >= 0.3 is 0 Å². The van der Waals surface area contributed by atoms with E-state index in [2.05, 4.69) is 0 Å². The molecule has 0 bridgehead atoms. The van der Waals surface area contributed by atoms with E-state index in [0.717, 1.165) is 34.0 Å². The third kappa shape index (κ3) is 5.73. The Kier molecular flexibility index (Phi) is 7.75. The molecule has 0 saturated carbocycles. The van der Waals surface area contributed by atoms with Crippen LogP contribution in [0.2, 0.25) is 4.34 Å². The average molecular weight is 473 g/mol. The van der Waals surface area contributed by atoms with Crippen LogP contribution >= 0.6 is 22.9 Å². The van der Waals surface area contributed by atoms with E-state index in [1.54, 1.807) is 12.0 Å². The van der Waals surface area contributed by atoms with Crippen molar-refractivity contribution in [2.45, 2.75) is 29.7 Å². The highest BCUT2D eigenvalue weighted by atomic mass is 35.5. The van der Waals surface area contributed by atoms with E-state index < -0.39 is 10.0 Å². The number of methoxy groups -OCH3 is 1. The molecule has 1 atom stereocenters. The summed E-state index contributed by atoms with van der Waals surface area (Å²) in [6.45, 7) is 1.16. The number of carbonyl (C=O) groups is 1. The van der Waals surface area contributed by atoms with Gasteiger partial charge in [0.2, 0.25) is 5.91 Å². The maximum atomic E-state index is 13.1. The fraction of sp³-hybridized carbons (Fsp3) is 0.450. The number of ether oxygens (including phenoxy) is 2. The molecule has 164 valence electrons. The van der Waals surface area contributed by atoms with Gasteiger partial charge in [-0.15, -0.1) is 11.3 Å². The average Bonchev–Trinajstić information content (AvgIpc) is 3.39. The lowest BCUT2D eigenvalue weighted by atomic mass is 10.1. The van der Waals surface area contributed by atoms with Gasteiger partial charge in [-0.05, 0) is 42.7 Å². The van der Waals surface area contributed by atoms with Gasteiger partial charge < -0.3 is 14.4 Å². The molecule has 0 N–H and O–H groups in total. The predicted molar refractivity (Wildman–Crippen MR) is 117 cm³/mol. The summed E-state index contributed by atoms with van der Waals surface area (Å²) in [4.78, 5) is 14.7. The Hall–Kier alpha value is -1.65. The highest BCUT2D eigenvalue weighted by Crippen LogP contribution is 2.27. The lowest BCUT2D eigenvalue weighted by Gasteiger charge is -2.27. The number of benzene rings is 1. The summed E-state index contributed by atoms with van der Waals surface area (Å²) in [6, 6.07) is 10.4. The number of likely N-dealkylation sites (N-methyl/N-ethyl adjacent to an activating group) is 1. The standard InChI is InChI=1S/C20H25ClN2O5S2/c1-22(30(25,26)20-9-8-18(21)29-20)14-19(24)23(13-17-7-4-10-28-17)12-15-5-3-6-16(11-15)27-2/h3,5-6,8-9,11,17H,4,7,10,12-14H2,1-2H3. The quantitative estimate of drug-likeness (QED) is 0.560. The van der Waals surface area contributed by atoms with Gasteiger partial charge in [0.25, 0.3) is 10.0 Å². The number of amides is 1. The third-order valence-corrected chi connectivity index (χ3v) is 8.38. The Labute approximate surface area is 186 Å². The molecule has 0 aliphatic carbocycles. The largest absolute Gasteiger partial charge is 0.497 e. The van der Waals surface area contributed by atoms with Crippen molar-refractivity contribution < 1.29 is 22.7 Å². The minimum Gasteiger partial charge on any atom is -0.497 e. The zero-order valence-electron chi connectivity index (χ0n) is 16.9. The van der Waals surface area contributed by atoms with Crippen molar-refractivity contribution in [3.63, 3.8) is 0 Å². The Morgan fingerprint density at radius 1 is 1.33 bits per heavy atom. The molecular weight excluding hydrogens is 448 g/mol. The van der Waals surface area contributed by atoms with Crippen LogP contribution in [0.4, 0.5) is 0 Å². The molecule has 1 unspecified atom stereocenters. The molecule has 0 radical (unpaired) electrons. The van der Waals surface area contributed by atoms with Crippen molar-refractivity contribution in [2.24, 2.45) is 0 Å². The van der Waals surface area contributed by atoms with Gasteiger partial charge in [-0.2, -0.15) is 4.31 Å². The van der Waals surface area contributed by atoms with Crippen LogP contribution in [0.3, 0.4) is 0 Å². The first-order valence-electron chi connectivity index (χ1n) is 9.53. The second-order valence-corrected chi connectivity index (χ2v) is 11.1. The third-order valence-electron chi connectivity index (χ3n) is 4.88. The molecular formula is C20H25ClN2O5S2. The lowest BCUT2D eigenvalue weighted by Crippen LogP contribution is -2.43. The van der Waals surface area contributed by atoms with E-state index in [4.69, 9.17) is 21.1 Å². The summed E-state index contributed by atoms with van der Waals surface area (Å²) >= 11 is 6.84. The SMILES string of the molecule is COc1cccc(CN(CC2CCCO2)C(=O)CN(C)S(=O)(=O)c2ccc(Cl)s2)c1. The molecule has 1 aliphatic rings. The fourth-order valence-electron chi connectivity index (χ4n) is 3.25. The molecule has 3 rings (SSSR count). The molecule has 1 fully saturated rings. The summed E-state index contributed by atoms with van der Waals surface area (Å²) in [5, 5.41) is 0. The van der Waals surface area contributed by atoms with Crippen LogP contribution in [-0.2, 0) is 26.1 Å². The number of hydrogen-bond donors (Lipinski definition) is 0. The molecule has 2 heterocycles. The topological polar surface area (TPSA) is 76.2 Å². The van der Waals surface area contributed by atoms with E-state index in [1.807, 2.05) is 24.3 Å². The highest BCUT2D eigenvalue weighted by molar-refractivity contribution is 7.91. The molecule has 1 aliphatic heterocycles. The summed E-state index contributed by atoms with van der Waals surface area (Å²) in [7, 11) is -0.801. The summed E-state index contributed by atoms with van der Waals surface area (Å²) < 4.78 is 38.0. The van der Waals surface area contributed by atoms with Gasteiger partial charge in [-0.3, -0.25) is 4.79 Å². The number of sulfonamides is 1. The summed E-state index contributed by atoms with van der Waals surface area (Å²) in [5.74, 6) is 0.410. The number of halogens is 1. The Morgan fingerprint density at radius 3 is 2.77 bits per heavy atom. The van der Waals surface area contributed by atoms with E-state index in [1.165, 1.54) is 19.2 Å². The van der Waals surface area contributed by atoms with E-state index in [9.17, 15) is 13.2 Å². The molecule has 2 aromatic rings. The van der Waals surface area contributed by atoms with Gasteiger partial charge in [-0.1, -0.05) is 23.7 Å². The Balaban J connectivity index is 1.75. The molecule has 1 aromatic heterocycles. The van der Waals surface area contributed by atoms with Crippen LogP contribution < -0.4 is 4.74 Å². The van der Waals surface area contributed by atoms with Crippen LogP contribution in [0.5, 0.6) is 5.75 Å². The van der Waals surface area contributed by atoms with Crippen LogP contribution in [-0.4, -0.2) is 63.5 Å². The number of hydrogen-bond acceptors (Lipinski definition) is 6. The Bertz CT molecular complexity index is 973. The molecule has 10 heteroatoms. The van der Waals surface area contributed by atoms with Gasteiger partial charge in [0.15, 0.2) is 0 Å². The first kappa shape index (κ1) is 23.0. The maximum absolute atomic E-state index is 13.1. The second-order valence-electron chi connectivity index (χ2n) is 7.08. The lowest BCUT2D eigenvalue weighted by molar-refractivity contribution is -0.133. The smallest absolute Gasteiger partial charge is 0.252 e. The van der Waals surface area contributed by atoms with Gasteiger partial charge in [0.05, 0.1) is 24.1 Å². The zero-order chi connectivity index (χ0) is 21.7. The van der Waals surface area contributed by atoms with Gasteiger partial charge in [-0.25, -0.2) is 8.42 Å². The van der Waals surface area contributed by atoms with Crippen molar-refractivity contribution in [2.75, 3.05) is 33.9 Å². The molecule has 30 heavy (non-hydrogen) atoms. The van der Waals surface area contributed by atoms with E-state index in [-0.39, 0.29) is 22.8 Å². The number of rotatable bonds is 9. The minimum absolute atomic E-state index is 0.0439. The highest BCUT2D eigenvalue weighted by Gasteiger charge is 2.28. The summed E-state index contributed by atoms with van der Waals surface area (Å²) in [5.41, 5.74) is 0.899. The van der Waals surface area contributed by atoms with Crippen molar-refractivity contribution in [3.8, 4) is 5.75 Å². The number of thiophene rings is 1. The van der Waals surface area contributed by atoms with Crippen LogP contribution in [0.25, 0.3) is 0 Å². The normalized spacial score (nSPS) is 16.7. The fourth-order valence-corrected chi connectivity index (χ4v) is 6.06. The second kappa shape index (κ2) is 10.1. The molecule has 1 aromatic carbocycles. The minimum atomic E-state index is -3.79. The van der Waals surface area contributed by atoms with Crippen molar-refractivity contribution in [1.29, 1.82) is 0 Å². The first-order chi connectivity index (χ1) is 14.3. The molecule has 7 nitrogen and oxygen atoms in total. The predicted octanol–water partition coefficient (Wildman–Crippen LogP) is 3.24. The van der Waals surface area contributed by atoms with E-state index >= 15 is 0 Å². The van der Waals surface area contributed by atoms with Gasteiger partial charge in [0, 0.05) is 26.7 Å². The number of carbonyl (C=O) groups excluding carboxylic acids is 1. The first-order valence-corrected chi connectivity index (χ1v) is 12.2. The van der Waals surface area contributed by atoms with Crippen LogP contribution in [0.1, 0.15) is 18.4 Å². The maximum Gasteiger partial charge on any atom is 0.252 e. The van der Waals surface area contributed by atoms with Crippen molar-refractivity contribution in [3.05, 3.63) is 46.3 Å². The van der Waals surface area contributed by atoms with Gasteiger partial charge in [0.1, 0.15) is 9.96 Å². The van der Waals surface area contributed by atoms with E-state index in [0.29, 0.717) is 29.8 Å². The van der Waals surface area contributed by atoms with Crippen molar-refractivity contribution in [1.82, 2.24) is 9.21 Å². The molecule has 1 amide bonds.